The lowest BCUT2D eigenvalue weighted by Gasteiger charge is -2.21. The van der Waals surface area contributed by atoms with E-state index in [0.717, 1.165) is 0 Å². The Kier molecular flexibility index (Phi) is 2.97. The Morgan fingerprint density at radius 2 is 0.615 bits per heavy atom. The van der Waals surface area contributed by atoms with Gasteiger partial charge in [0.15, 0.2) is 0 Å². The predicted molar refractivity (Wildman–Crippen MR) is 23.9 cm³/mol. The quantitative estimate of drug-likeness (QED) is 0.447. The van der Waals surface area contributed by atoms with Crippen LogP contribution >= 0.6 is 0 Å². The summed E-state index contributed by atoms with van der Waals surface area (Å²) in [4.78, 5) is 0. The van der Waals surface area contributed by atoms with Crippen molar-refractivity contribution in [2.75, 3.05) is 0 Å². The van der Waals surface area contributed by atoms with Gasteiger partial charge in [-0.3, -0.25) is 0 Å². The first kappa shape index (κ1) is 12.6. The number of hydrogen-bond acceptors (Lipinski definition) is 0. The first-order valence-corrected chi connectivity index (χ1v) is 3.95. The molecule has 1 radical (unpaired) electrons. The maximum Gasteiger partial charge on any atom is 0.444 e. The van der Waals surface area contributed by atoms with Crippen molar-refractivity contribution in [2.45, 2.75) is 17.4 Å². The fraction of sp³-hybridized carbons (Fsp3) is 1.00. The lowest BCUT2D eigenvalue weighted by Crippen LogP contribution is -2.57. The Morgan fingerprint density at radius 1 is 0.462 bits per heavy atom. The zero-order valence-electron chi connectivity index (χ0n) is 5.40. The fourth-order valence-corrected chi connectivity index (χ4v) is 1.45. The van der Waals surface area contributed by atoms with Crippen molar-refractivity contribution < 1.29 is 39.5 Å². The lowest BCUT2D eigenvalue weighted by atomic mass is 11.4. The molecule has 13 heavy (non-hydrogen) atoms. The highest BCUT2D eigenvalue weighted by Gasteiger charge is 2.73. The zero-order valence-corrected chi connectivity index (χ0v) is 6.40. The zero-order chi connectivity index (χ0) is 11.1. The second-order valence-electron chi connectivity index (χ2n) is 1.87. The minimum absolute atomic E-state index is 6.26. The summed E-state index contributed by atoms with van der Waals surface area (Å²) in [5, 5.41) is 0. The Bertz CT molecular complexity index is 137. The SMILES string of the molecule is FC(F)(F)[Si](C(F)(F)F)C(F)(F)F. The van der Waals surface area contributed by atoms with Crippen LogP contribution in [0.4, 0.5) is 39.5 Å². The molecule has 0 aliphatic carbocycles. The molecule has 0 fully saturated rings. The van der Waals surface area contributed by atoms with Gasteiger partial charge in [0.2, 0.25) is 0 Å². The van der Waals surface area contributed by atoms with E-state index in [1.807, 2.05) is 0 Å². The van der Waals surface area contributed by atoms with Gasteiger partial charge >= 0.3 is 26.2 Å². The van der Waals surface area contributed by atoms with Crippen molar-refractivity contribution in [2.24, 2.45) is 0 Å². The average Bonchev–Trinajstić information content (AvgIpc) is 1.44. The van der Waals surface area contributed by atoms with Crippen molar-refractivity contribution in [3.05, 3.63) is 0 Å². The van der Waals surface area contributed by atoms with Crippen LogP contribution in [0.1, 0.15) is 0 Å². The molecule has 0 saturated heterocycles. The third kappa shape index (κ3) is 3.44. The molecule has 10 heteroatoms. The highest BCUT2D eigenvalue weighted by molar-refractivity contribution is 6.65. The molecule has 0 spiro atoms. The predicted octanol–water partition coefficient (Wildman–Crippen LogP) is 2.79. The normalized spacial score (nSPS) is 15.2. The topological polar surface area (TPSA) is 0 Å². The van der Waals surface area contributed by atoms with Crippen LogP contribution < -0.4 is 0 Å². The van der Waals surface area contributed by atoms with Crippen LogP contribution in [0, 0.1) is 0 Å². The molecule has 0 amide bonds. The Hall–Kier alpha value is -0.413. The summed E-state index contributed by atoms with van der Waals surface area (Å²) in [5.74, 6) is -18.8. The molecule has 79 valence electrons. The number of alkyl halides is 9. The minimum atomic E-state index is -6.39. The van der Waals surface area contributed by atoms with E-state index < -0.39 is 26.2 Å². The van der Waals surface area contributed by atoms with Crippen LogP contribution in [-0.2, 0) is 0 Å². The Morgan fingerprint density at radius 3 is 0.615 bits per heavy atom. The molecule has 0 unspecified atom stereocenters. The van der Waals surface area contributed by atoms with Crippen molar-refractivity contribution in [3.8, 4) is 0 Å². The summed E-state index contributed by atoms with van der Waals surface area (Å²) in [6, 6.07) is 0. The largest absolute Gasteiger partial charge is 0.444 e. The van der Waals surface area contributed by atoms with E-state index in [2.05, 4.69) is 0 Å². The van der Waals surface area contributed by atoms with Crippen LogP contribution in [0.2, 0.25) is 0 Å². The van der Waals surface area contributed by atoms with Gasteiger partial charge < -0.3 is 0 Å². The van der Waals surface area contributed by atoms with Gasteiger partial charge in [-0.1, -0.05) is 0 Å². The van der Waals surface area contributed by atoms with Gasteiger partial charge in [0.1, 0.15) is 0 Å². The van der Waals surface area contributed by atoms with E-state index in [-0.39, 0.29) is 0 Å². The average molecular weight is 235 g/mol. The summed E-state index contributed by atoms with van der Waals surface area (Å²) in [6.07, 6.45) is 0. The molecular formula is C3F9Si. The molecule has 0 aromatic rings. The van der Waals surface area contributed by atoms with Crippen molar-refractivity contribution in [1.82, 2.24) is 0 Å². The summed E-state index contributed by atoms with van der Waals surface area (Å²) in [7, 11) is -6.39. The summed E-state index contributed by atoms with van der Waals surface area (Å²) in [6.45, 7) is 0. The van der Waals surface area contributed by atoms with Gasteiger partial charge in [-0.05, 0) is 0 Å². The van der Waals surface area contributed by atoms with Crippen LogP contribution in [0.15, 0.2) is 0 Å². The van der Waals surface area contributed by atoms with Crippen molar-refractivity contribution in [3.63, 3.8) is 0 Å². The van der Waals surface area contributed by atoms with Gasteiger partial charge in [0.25, 0.3) is 0 Å². The van der Waals surface area contributed by atoms with Crippen molar-refractivity contribution >= 4 is 8.80 Å². The van der Waals surface area contributed by atoms with E-state index in [9.17, 15) is 39.5 Å². The molecular weight excluding hydrogens is 235 g/mol. The van der Waals surface area contributed by atoms with Gasteiger partial charge in [-0.2, -0.15) is 39.5 Å². The van der Waals surface area contributed by atoms with Crippen LogP contribution in [-0.4, -0.2) is 26.2 Å². The van der Waals surface area contributed by atoms with Crippen LogP contribution in [0.25, 0.3) is 0 Å². The summed E-state index contributed by atoms with van der Waals surface area (Å²) in [5.41, 5.74) is 0. The Balaban J connectivity index is 5.02. The smallest absolute Gasteiger partial charge is 0.176 e. The molecule has 0 bridgehead atoms. The van der Waals surface area contributed by atoms with Crippen LogP contribution in [0.5, 0.6) is 0 Å². The lowest BCUT2D eigenvalue weighted by molar-refractivity contribution is -0.151. The van der Waals surface area contributed by atoms with E-state index in [1.165, 1.54) is 0 Å². The molecule has 0 aromatic heterocycles. The second kappa shape index (κ2) is 3.06. The molecule has 0 aliphatic rings. The molecule has 0 saturated carbocycles. The maximum absolute atomic E-state index is 11.3. The highest BCUT2D eigenvalue weighted by atomic mass is 28.3. The Labute approximate surface area is 66.9 Å². The first-order chi connectivity index (χ1) is 5.37. The standard InChI is InChI=1S/C3F9Si/c4-1(5,6)13(2(7,8)9)3(10,11)12. The first-order valence-electron chi connectivity index (χ1n) is 2.45. The monoisotopic (exact) mass is 235 g/mol. The van der Waals surface area contributed by atoms with Gasteiger partial charge in [0.05, 0.1) is 0 Å². The molecule has 0 aromatic carbocycles. The number of rotatable bonds is 0. The number of halogens is 9. The van der Waals surface area contributed by atoms with E-state index in [0.29, 0.717) is 0 Å². The second-order valence-corrected chi connectivity index (χ2v) is 4.32. The molecule has 0 aliphatic heterocycles. The third-order valence-electron chi connectivity index (χ3n) is 0.850. The minimum Gasteiger partial charge on any atom is -0.176 e. The molecule has 0 heterocycles. The fourth-order valence-electron chi connectivity index (χ4n) is 0.482. The molecule has 0 atom stereocenters. The molecule has 0 rings (SSSR count). The molecule has 0 N–H and O–H groups in total. The third-order valence-corrected chi connectivity index (χ3v) is 2.55. The van der Waals surface area contributed by atoms with Crippen LogP contribution in [0.3, 0.4) is 0 Å². The highest BCUT2D eigenvalue weighted by Crippen LogP contribution is 2.40. The molecule has 0 nitrogen and oxygen atoms in total. The number of hydrogen-bond donors (Lipinski definition) is 0. The van der Waals surface area contributed by atoms with Gasteiger partial charge in [0, 0.05) is 0 Å². The maximum atomic E-state index is 11.3. The van der Waals surface area contributed by atoms with E-state index in [4.69, 9.17) is 0 Å². The van der Waals surface area contributed by atoms with Crippen molar-refractivity contribution in [1.29, 1.82) is 0 Å². The van der Waals surface area contributed by atoms with Gasteiger partial charge in [-0.15, -0.1) is 0 Å². The summed E-state index contributed by atoms with van der Waals surface area (Å²) >= 11 is 0. The van der Waals surface area contributed by atoms with E-state index >= 15 is 0 Å². The van der Waals surface area contributed by atoms with Gasteiger partial charge in [-0.25, -0.2) is 0 Å². The summed E-state index contributed by atoms with van der Waals surface area (Å²) < 4.78 is 102. The van der Waals surface area contributed by atoms with E-state index in [1.54, 1.807) is 0 Å².